The molecule has 0 saturated carbocycles. The molecule has 12 nitrogen and oxygen atoms in total. The lowest BCUT2D eigenvalue weighted by atomic mass is 10.1. The van der Waals surface area contributed by atoms with Crippen LogP contribution in [-0.2, 0) is 14.3 Å². The molecule has 0 aromatic heterocycles. The van der Waals surface area contributed by atoms with E-state index in [0.717, 1.165) is 42.8 Å². The molecule has 0 bridgehead atoms. The smallest absolute Gasteiger partial charge is 0.344 e. The van der Waals surface area contributed by atoms with Crippen molar-refractivity contribution in [3.05, 3.63) is 77.1 Å². The number of hydrogen-bond acceptors (Lipinski definition) is 9. The summed E-state index contributed by atoms with van der Waals surface area (Å²) in [4.78, 5) is 43.6. The van der Waals surface area contributed by atoms with E-state index in [1.165, 1.54) is 0 Å². The molecule has 4 N–H and O–H groups in total. The number of rotatable bonds is 17. The molecule has 0 radical (unpaired) electrons. The first-order chi connectivity index (χ1) is 22.6. The van der Waals surface area contributed by atoms with Crippen LogP contribution in [0.1, 0.15) is 89.4 Å². The van der Waals surface area contributed by atoms with Gasteiger partial charge in [-0.15, -0.1) is 0 Å². The molecule has 2 unspecified atom stereocenters. The number of benzene rings is 2. The van der Waals surface area contributed by atoms with Gasteiger partial charge in [-0.2, -0.15) is 4.99 Å². The Hall–Kier alpha value is -5.00. The van der Waals surface area contributed by atoms with Gasteiger partial charge >= 0.3 is 11.9 Å². The number of allylic oxidation sites excluding steroid dienone is 1. The number of aromatic carboxylic acids is 1. The fourth-order valence-electron chi connectivity index (χ4n) is 5.49. The number of amidine groups is 1. The summed E-state index contributed by atoms with van der Waals surface area (Å²) < 4.78 is 12.1. The number of carbonyl (C=O) groups excluding carboxylic acids is 1. The van der Waals surface area contributed by atoms with Crippen LogP contribution in [0.5, 0.6) is 5.75 Å². The lowest BCUT2D eigenvalue weighted by Crippen LogP contribution is -2.38. The fraction of sp³-hybridized carbons (Fsp3) is 0.429. The SMILES string of the molecule is CCCCC(OC1=C2C(=C(CCC)NN2C)N(c2ccc(C(=O)O)cc2)C(CC)=N1)C(=O)Nc1ccc(OC(CCC)C(=O)O)cc1. The summed E-state index contributed by atoms with van der Waals surface area (Å²) in [5.74, 6) is -0.924. The highest BCUT2D eigenvalue weighted by molar-refractivity contribution is 6.04. The van der Waals surface area contributed by atoms with Crippen LogP contribution in [0, 0.1) is 0 Å². The molecule has 4 rings (SSSR count). The lowest BCUT2D eigenvalue weighted by Gasteiger charge is -2.33. The molecule has 47 heavy (non-hydrogen) atoms. The van der Waals surface area contributed by atoms with E-state index >= 15 is 0 Å². The van der Waals surface area contributed by atoms with Crippen molar-refractivity contribution < 1.29 is 34.1 Å². The first-order valence-corrected chi connectivity index (χ1v) is 16.3. The Labute approximate surface area is 275 Å². The number of hydrogen-bond donors (Lipinski definition) is 4. The number of anilines is 2. The summed E-state index contributed by atoms with van der Waals surface area (Å²) in [6, 6.07) is 13.3. The quantitative estimate of drug-likeness (QED) is 0.150. The first-order valence-electron chi connectivity index (χ1n) is 16.3. The van der Waals surface area contributed by atoms with Gasteiger partial charge < -0.3 is 30.4 Å². The van der Waals surface area contributed by atoms with E-state index in [1.54, 1.807) is 48.5 Å². The number of carboxylic acids is 2. The first kappa shape index (κ1) is 34.9. The number of ether oxygens (including phenoxy) is 2. The highest BCUT2D eigenvalue weighted by atomic mass is 16.5. The predicted molar refractivity (Wildman–Crippen MR) is 180 cm³/mol. The molecule has 0 aliphatic carbocycles. The van der Waals surface area contributed by atoms with Gasteiger partial charge in [0, 0.05) is 24.8 Å². The molecule has 2 aromatic carbocycles. The summed E-state index contributed by atoms with van der Waals surface area (Å²) in [5.41, 5.74) is 7.43. The van der Waals surface area contributed by atoms with Gasteiger partial charge in [0.2, 0.25) is 5.88 Å². The van der Waals surface area contributed by atoms with Gasteiger partial charge in [-0.3, -0.25) is 14.7 Å². The number of aliphatic imine (C=N–C) groups is 1. The molecular formula is C35H45N5O7. The second-order valence-electron chi connectivity index (χ2n) is 11.5. The summed E-state index contributed by atoms with van der Waals surface area (Å²) in [6.07, 6.45) is 3.55. The van der Waals surface area contributed by atoms with Gasteiger partial charge in [0.1, 0.15) is 17.3 Å². The Morgan fingerprint density at radius 3 is 2.15 bits per heavy atom. The zero-order chi connectivity index (χ0) is 34.1. The van der Waals surface area contributed by atoms with E-state index in [0.29, 0.717) is 54.5 Å². The van der Waals surface area contributed by atoms with Crippen LogP contribution in [0.3, 0.4) is 0 Å². The highest BCUT2D eigenvalue weighted by Crippen LogP contribution is 2.39. The summed E-state index contributed by atoms with van der Waals surface area (Å²) in [5, 5.41) is 23.6. The molecular weight excluding hydrogens is 602 g/mol. The van der Waals surface area contributed by atoms with Crippen molar-refractivity contribution in [1.82, 2.24) is 10.4 Å². The third-order valence-electron chi connectivity index (χ3n) is 7.84. The van der Waals surface area contributed by atoms with Crippen molar-refractivity contribution in [2.45, 2.75) is 91.3 Å². The third-order valence-corrected chi connectivity index (χ3v) is 7.84. The molecule has 2 aliphatic heterocycles. The van der Waals surface area contributed by atoms with Crippen molar-refractivity contribution in [3.8, 4) is 5.75 Å². The monoisotopic (exact) mass is 647 g/mol. The van der Waals surface area contributed by atoms with Crippen LogP contribution in [0.25, 0.3) is 0 Å². The van der Waals surface area contributed by atoms with Crippen molar-refractivity contribution >= 4 is 35.1 Å². The van der Waals surface area contributed by atoms with Gasteiger partial charge in [-0.05, 0) is 74.2 Å². The van der Waals surface area contributed by atoms with E-state index in [2.05, 4.69) is 17.7 Å². The molecule has 1 amide bonds. The molecule has 2 heterocycles. The number of aliphatic carboxylic acids is 1. The number of fused-ring (bicyclic) bond motifs is 1. The standard InChI is InChI=1S/C35H45N5O7/c1-6-10-13-27(32(41)36-23-16-20-25(21-17-23)46-28(12-8-3)35(44)45)47-33-31-30(26(11-7-2)38-39(31)5)40(29(9-4)37-33)24-18-14-22(15-19-24)34(42)43/h14-21,27-28,38H,6-13H2,1-5H3,(H,36,41)(H,42,43)(H,44,45). The van der Waals surface area contributed by atoms with Crippen LogP contribution in [0.15, 0.2) is 76.5 Å². The molecule has 2 atom stereocenters. The molecule has 0 fully saturated rings. The zero-order valence-electron chi connectivity index (χ0n) is 27.7. The number of carboxylic acid groups (broad SMARTS) is 2. The zero-order valence-corrected chi connectivity index (χ0v) is 27.7. The Bertz CT molecular complexity index is 1530. The number of unbranched alkanes of at least 4 members (excludes halogenated alkanes) is 1. The Morgan fingerprint density at radius 2 is 1.57 bits per heavy atom. The van der Waals surface area contributed by atoms with Gasteiger partial charge in [0.15, 0.2) is 12.2 Å². The van der Waals surface area contributed by atoms with Crippen molar-refractivity contribution in [2.75, 3.05) is 17.3 Å². The van der Waals surface area contributed by atoms with Crippen LogP contribution in [0.4, 0.5) is 11.4 Å². The number of hydrazine groups is 1. The Kier molecular flexibility index (Phi) is 11.9. The minimum atomic E-state index is -1.02. The van der Waals surface area contributed by atoms with Crippen molar-refractivity contribution in [1.29, 1.82) is 0 Å². The summed E-state index contributed by atoms with van der Waals surface area (Å²) in [6.45, 7) is 8.03. The number of likely N-dealkylation sites (N-methyl/N-ethyl adjacent to an activating group) is 1. The van der Waals surface area contributed by atoms with Gasteiger partial charge in [-0.25, -0.2) is 9.59 Å². The molecule has 0 spiro atoms. The maximum absolute atomic E-state index is 13.7. The van der Waals surface area contributed by atoms with Crippen molar-refractivity contribution in [3.63, 3.8) is 0 Å². The molecule has 2 aromatic rings. The second-order valence-corrected chi connectivity index (χ2v) is 11.5. The minimum Gasteiger partial charge on any atom is -0.479 e. The van der Waals surface area contributed by atoms with Gasteiger partial charge in [0.05, 0.1) is 17.0 Å². The normalized spacial score (nSPS) is 15.5. The maximum atomic E-state index is 13.7. The molecule has 12 heteroatoms. The Balaban J connectivity index is 1.63. The molecule has 252 valence electrons. The van der Waals surface area contributed by atoms with Gasteiger partial charge in [0.25, 0.3) is 5.91 Å². The largest absolute Gasteiger partial charge is 0.479 e. The van der Waals surface area contributed by atoms with E-state index < -0.39 is 24.1 Å². The number of nitrogens with zero attached hydrogens (tertiary/aromatic N) is 3. The topological polar surface area (TPSA) is 153 Å². The number of nitrogens with one attached hydrogen (secondary N) is 2. The lowest BCUT2D eigenvalue weighted by molar-refractivity contribution is -0.145. The van der Waals surface area contributed by atoms with E-state index in [4.69, 9.17) is 14.5 Å². The van der Waals surface area contributed by atoms with E-state index in [1.807, 2.05) is 37.7 Å². The maximum Gasteiger partial charge on any atom is 0.344 e. The fourth-order valence-corrected chi connectivity index (χ4v) is 5.49. The van der Waals surface area contributed by atoms with Crippen LogP contribution in [0.2, 0.25) is 0 Å². The Morgan fingerprint density at radius 1 is 0.872 bits per heavy atom. The van der Waals surface area contributed by atoms with E-state index in [9.17, 15) is 24.6 Å². The average Bonchev–Trinajstić information content (AvgIpc) is 3.38. The predicted octanol–water partition coefficient (Wildman–Crippen LogP) is 6.49. The molecule has 0 saturated heterocycles. The highest BCUT2D eigenvalue weighted by Gasteiger charge is 2.39. The second kappa shape index (κ2) is 16.0. The van der Waals surface area contributed by atoms with Crippen LogP contribution in [-0.4, -0.2) is 58.2 Å². The molecule has 2 aliphatic rings. The summed E-state index contributed by atoms with van der Waals surface area (Å²) in [7, 11) is 1.87. The number of carbonyl (C=O) groups is 3. The summed E-state index contributed by atoms with van der Waals surface area (Å²) >= 11 is 0. The minimum absolute atomic E-state index is 0.192. The van der Waals surface area contributed by atoms with Crippen LogP contribution >= 0.6 is 0 Å². The van der Waals surface area contributed by atoms with Crippen LogP contribution < -0.4 is 20.4 Å². The van der Waals surface area contributed by atoms with E-state index in [-0.39, 0.29) is 11.5 Å². The van der Waals surface area contributed by atoms with Gasteiger partial charge in [-0.1, -0.05) is 47.0 Å². The number of amides is 1. The average molecular weight is 648 g/mol. The third kappa shape index (κ3) is 8.24. The van der Waals surface area contributed by atoms with Crippen molar-refractivity contribution in [2.24, 2.45) is 4.99 Å².